The fourth-order valence-electron chi connectivity index (χ4n) is 3.39. The average Bonchev–Trinajstić information content (AvgIpc) is 2.94. The van der Waals surface area contributed by atoms with Crippen LogP contribution in [0.4, 0.5) is 4.79 Å². The number of carbonyl (C=O) groups is 1. The van der Waals surface area contributed by atoms with Gasteiger partial charge in [0.05, 0.1) is 13.2 Å². The normalized spacial score (nSPS) is 22.7. The fourth-order valence-corrected chi connectivity index (χ4v) is 3.39. The molecule has 2 fully saturated rings. The van der Waals surface area contributed by atoms with Crippen LogP contribution in [0.5, 0.6) is 5.75 Å². The minimum atomic E-state index is -0.204. The van der Waals surface area contributed by atoms with E-state index < -0.39 is 0 Å². The second kappa shape index (κ2) is 7.01. The summed E-state index contributed by atoms with van der Waals surface area (Å²) < 4.78 is 10.7. The van der Waals surface area contributed by atoms with Gasteiger partial charge in [0.2, 0.25) is 0 Å². The molecule has 1 N–H and O–H groups in total. The second-order valence-corrected chi connectivity index (χ2v) is 6.01. The van der Waals surface area contributed by atoms with Crippen molar-refractivity contribution < 1.29 is 14.3 Å². The number of ether oxygens (including phenoxy) is 2. The number of rotatable bonds is 5. The minimum absolute atomic E-state index is 0.0367. The lowest BCUT2D eigenvalue weighted by molar-refractivity contribution is 0.154. The number of benzene rings is 1. The van der Waals surface area contributed by atoms with E-state index >= 15 is 0 Å². The van der Waals surface area contributed by atoms with E-state index in [2.05, 4.69) is 5.32 Å². The van der Waals surface area contributed by atoms with Crippen molar-refractivity contribution in [3.8, 4) is 5.75 Å². The molecule has 0 saturated carbocycles. The molecule has 5 nitrogen and oxygen atoms in total. The molecule has 5 heteroatoms. The molecule has 0 radical (unpaired) electrons. The van der Waals surface area contributed by atoms with E-state index in [1.165, 1.54) is 12.8 Å². The van der Waals surface area contributed by atoms with Gasteiger partial charge in [-0.15, -0.1) is 0 Å². The summed E-state index contributed by atoms with van der Waals surface area (Å²) in [6.45, 7) is 3.34. The summed E-state index contributed by atoms with van der Waals surface area (Å²) in [7, 11) is 1.66. The summed E-state index contributed by atoms with van der Waals surface area (Å²) in [5.41, 5.74) is 1.03. The molecule has 0 bridgehead atoms. The van der Waals surface area contributed by atoms with Crippen molar-refractivity contribution in [1.82, 2.24) is 10.2 Å². The number of nitrogens with one attached hydrogen (secondary N) is 1. The number of methoxy groups -OCH3 is 1. The van der Waals surface area contributed by atoms with Crippen LogP contribution in [-0.4, -0.2) is 44.3 Å². The highest BCUT2D eigenvalue weighted by Gasteiger charge is 2.35. The van der Waals surface area contributed by atoms with Gasteiger partial charge in [-0.3, -0.25) is 4.90 Å². The second-order valence-electron chi connectivity index (χ2n) is 6.01. The van der Waals surface area contributed by atoms with Crippen LogP contribution in [0.2, 0.25) is 0 Å². The summed E-state index contributed by atoms with van der Waals surface area (Å²) in [6.07, 6.45) is 3.23. The first-order valence-electron chi connectivity index (χ1n) is 8.06. The van der Waals surface area contributed by atoms with Crippen molar-refractivity contribution in [2.45, 2.75) is 25.3 Å². The standard InChI is InChI=1S/C17H24N2O3/c1-21-16-5-3-2-4-14(16)15-12-22-17(20)19(15)11-8-13-6-9-18-10-7-13/h2-5,13,15,18H,6-12H2,1H3. The number of carbonyl (C=O) groups excluding carboxylic acids is 1. The van der Waals surface area contributed by atoms with Crippen molar-refractivity contribution in [1.29, 1.82) is 0 Å². The van der Waals surface area contributed by atoms with Gasteiger partial charge in [-0.1, -0.05) is 18.2 Å². The van der Waals surface area contributed by atoms with Gasteiger partial charge < -0.3 is 14.8 Å². The van der Waals surface area contributed by atoms with Crippen LogP contribution in [0, 0.1) is 5.92 Å². The third-order valence-electron chi connectivity index (χ3n) is 4.71. The van der Waals surface area contributed by atoms with Crippen LogP contribution >= 0.6 is 0 Å². The van der Waals surface area contributed by atoms with Crippen molar-refractivity contribution >= 4 is 6.09 Å². The number of piperidine rings is 1. The first kappa shape index (κ1) is 15.2. The molecule has 120 valence electrons. The van der Waals surface area contributed by atoms with Gasteiger partial charge in [0, 0.05) is 12.1 Å². The molecule has 2 heterocycles. The van der Waals surface area contributed by atoms with Crippen LogP contribution in [-0.2, 0) is 4.74 Å². The molecule has 22 heavy (non-hydrogen) atoms. The molecular weight excluding hydrogens is 280 g/mol. The van der Waals surface area contributed by atoms with E-state index in [0.29, 0.717) is 12.5 Å². The highest BCUT2D eigenvalue weighted by molar-refractivity contribution is 5.70. The Morgan fingerprint density at radius 1 is 1.32 bits per heavy atom. The maximum Gasteiger partial charge on any atom is 0.410 e. The molecule has 1 amide bonds. The van der Waals surface area contributed by atoms with Crippen molar-refractivity contribution in [2.24, 2.45) is 5.92 Å². The van der Waals surface area contributed by atoms with E-state index in [-0.39, 0.29) is 12.1 Å². The number of cyclic esters (lactones) is 1. The molecule has 1 aromatic carbocycles. The Morgan fingerprint density at radius 3 is 2.86 bits per heavy atom. The van der Waals surface area contributed by atoms with Gasteiger partial charge in [-0.25, -0.2) is 4.79 Å². The predicted molar refractivity (Wildman–Crippen MR) is 84.0 cm³/mol. The highest BCUT2D eigenvalue weighted by Crippen LogP contribution is 2.34. The molecule has 1 unspecified atom stereocenters. The van der Waals surface area contributed by atoms with Crippen LogP contribution in [0.3, 0.4) is 0 Å². The Labute approximate surface area is 131 Å². The van der Waals surface area contributed by atoms with Gasteiger partial charge in [-0.05, 0) is 44.3 Å². The number of amides is 1. The van der Waals surface area contributed by atoms with E-state index in [0.717, 1.165) is 37.4 Å². The van der Waals surface area contributed by atoms with Crippen LogP contribution in [0.25, 0.3) is 0 Å². The first-order chi connectivity index (χ1) is 10.8. The zero-order valence-corrected chi connectivity index (χ0v) is 13.1. The lowest BCUT2D eigenvalue weighted by atomic mass is 9.94. The molecule has 1 aromatic rings. The molecule has 2 saturated heterocycles. The van der Waals surface area contributed by atoms with Crippen molar-refractivity contribution in [3.05, 3.63) is 29.8 Å². The molecule has 0 spiro atoms. The average molecular weight is 304 g/mol. The van der Waals surface area contributed by atoms with E-state index in [9.17, 15) is 4.79 Å². The van der Waals surface area contributed by atoms with Gasteiger partial charge in [-0.2, -0.15) is 0 Å². The Balaban J connectivity index is 1.69. The van der Waals surface area contributed by atoms with Gasteiger partial charge in [0.1, 0.15) is 12.4 Å². The van der Waals surface area contributed by atoms with Gasteiger partial charge in [0.15, 0.2) is 0 Å². The summed E-state index contributed by atoms with van der Waals surface area (Å²) in [5.74, 6) is 1.52. The lowest BCUT2D eigenvalue weighted by Gasteiger charge is -2.27. The Bertz CT molecular complexity index is 514. The molecule has 2 aliphatic rings. The number of para-hydroxylation sites is 1. The quantitative estimate of drug-likeness (QED) is 0.908. The van der Waals surface area contributed by atoms with Crippen LogP contribution < -0.4 is 10.1 Å². The number of hydrogen-bond acceptors (Lipinski definition) is 4. The van der Waals surface area contributed by atoms with Crippen molar-refractivity contribution in [2.75, 3.05) is 33.4 Å². The zero-order chi connectivity index (χ0) is 15.4. The Morgan fingerprint density at radius 2 is 2.09 bits per heavy atom. The third-order valence-corrected chi connectivity index (χ3v) is 4.71. The maximum absolute atomic E-state index is 12.1. The van der Waals surface area contributed by atoms with E-state index in [4.69, 9.17) is 9.47 Å². The molecular formula is C17H24N2O3. The molecule has 2 aliphatic heterocycles. The number of nitrogens with zero attached hydrogens (tertiary/aromatic N) is 1. The summed E-state index contributed by atoms with van der Waals surface area (Å²) in [4.78, 5) is 13.9. The predicted octanol–water partition coefficient (Wildman–Crippen LogP) is 2.58. The lowest BCUT2D eigenvalue weighted by Crippen LogP contribution is -2.33. The molecule has 1 atom stereocenters. The minimum Gasteiger partial charge on any atom is -0.496 e. The van der Waals surface area contributed by atoms with Crippen LogP contribution in [0.1, 0.15) is 30.9 Å². The van der Waals surface area contributed by atoms with Gasteiger partial charge in [0.25, 0.3) is 0 Å². The summed E-state index contributed by atoms with van der Waals surface area (Å²) in [5, 5.41) is 3.38. The third kappa shape index (κ3) is 3.19. The smallest absolute Gasteiger partial charge is 0.410 e. The summed E-state index contributed by atoms with van der Waals surface area (Å²) >= 11 is 0. The van der Waals surface area contributed by atoms with E-state index in [1.807, 2.05) is 29.2 Å². The zero-order valence-electron chi connectivity index (χ0n) is 13.1. The SMILES string of the molecule is COc1ccccc1C1COC(=O)N1CCC1CCNCC1. The highest BCUT2D eigenvalue weighted by atomic mass is 16.6. The monoisotopic (exact) mass is 304 g/mol. The van der Waals surface area contributed by atoms with Crippen LogP contribution in [0.15, 0.2) is 24.3 Å². The molecule has 0 aliphatic carbocycles. The summed E-state index contributed by atoms with van der Waals surface area (Å²) in [6, 6.07) is 7.84. The molecule has 3 rings (SSSR count). The van der Waals surface area contributed by atoms with Gasteiger partial charge >= 0.3 is 6.09 Å². The first-order valence-corrected chi connectivity index (χ1v) is 8.06. The number of hydrogen-bond donors (Lipinski definition) is 1. The fraction of sp³-hybridized carbons (Fsp3) is 0.588. The Hall–Kier alpha value is -1.75. The Kier molecular flexibility index (Phi) is 4.83. The van der Waals surface area contributed by atoms with Crippen molar-refractivity contribution in [3.63, 3.8) is 0 Å². The maximum atomic E-state index is 12.1. The van der Waals surface area contributed by atoms with E-state index in [1.54, 1.807) is 7.11 Å². The molecule has 0 aromatic heterocycles. The topological polar surface area (TPSA) is 50.8 Å². The largest absolute Gasteiger partial charge is 0.496 e.